The van der Waals surface area contributed by atoms with Crippen molar-refractivity contribution in [1.29, 1.82) is 0 Å². The first kappa shape index (κ1) is 18.8. The average molecular weight is 361 g/mol. The summed E-state index contributed by atoms with van der Waals surface area (Å²) in [6.07, 6.45) is 10.4. The number of hydrogen-bond acceptors (Lipinski definition) is 3. The van der Waals surface area contributed by atoms with Crippen LogP contribution in [0.15, 0.2) is 29.2 Å². The summed E-state index contributed by atoms with van der Waals surface area (Å²) in [7, 11) is 0. The van der Waals surface area contributed by atoms with E-state index in [0.29, 0.717) is 11.8 Å². The van der Waals surface area contributed by atoms with Gasteiger partial charge in [0.25, 0.3) is 0 Å². The molecule has 1 saturated carbocycles. The van der Waals surface area contributed by atoms with Gasteiger partial charge in [-0.05, 0) is 68.5 Å². The normalized spacial score (nSPS) is 20.0. The van der Waals surface area contributed by atoms with Crippen molar-refractivity contribution in [3.05, 3.63) is 29.8 Å². The lowest BCUT2D eigenvalue weighted by atomic mass is 9.96. The molecule has 1 aromatic carbocycles. The van der Waals surface area contributed by atoms with Crippen LogP contribution in [0.4, 0.5) is 0 Å². The van der Waals surface area contributed by atoms with Gasteiger partial charge in [-0.1, -0.05) is 31.0 Å². The molecule has 1 N–H and O–H groups in total. The van der Waals surface area contributed by atoms with Gasteiger partial charge in [-0.2, -0.15) is 0 Å². The van der Waals surface area contributed by atoms with Gasteiger partial charge >= 0.3 is 0 Å². The Kier molecular flexibility index (Phi) is 7.23. The van der Waals surface area contributed by atoms with Crippen molar-refractivity contribution in [2.45, 2.75) is 56.4 Å². The monoisotopic (exact) mass is 360 g/mol. The van der Waals surface area contributed by atoms with Gasteiger partial charge in [0.05, 0.1) is 0 Å². The van der Waals surface area contributed by atoms with Crippen LogP contribution in [0.25, 0.3) is 0 Å². The van der Waals surface area contributed by atoms with Crippen LogP contribution in [0.5, 0.6) is 0 Å². The lowest BCUT2D eigenvalue weighted by molar-refractivity contribution is -0.122. The number of likely N-dealkylation sites (tertiary alicyclic amines) is 1. The number of rotatable bonds is 7. The summed E-state index contributed by atoms with van der Waals surface area (Å²) in [4.78, 5) is 16.0. The third kappa shape index (κ3) is 5.75. The molecule has 3 rings (SSSR count). The minimum atomic E-state index is 0.281. The van der Waals surface area contributed by atoms with Crippen LogP contribution in [0.3, 0.4) is 0 Å². The molecule has 25 heavy (non-hydrogen) atoms. The van der Waals surface area contributed by atoms with Crippen LogP contribution in [0.1, 0.15) is 50.5 Å². The van der Waals surface area contributed by atoms with E-state index in [9.17, 15) is 4.79 Å². The van der Waals surface area contributed by atoms with Gasteiger partial charge in [-0.3, -0.25) is 9.69 Å². The molecule has 0 aromatic heterocycles. The van der Waals surface area contributed by atoms with Gasteiger partial charge in [-0.25, -0.2) is 0 Å². The maximum absolute atomic E-state index is 12.1. The molecule has 3 nitrogen and oxygen atoms in total. The topological polar surface area (TPSA) is 32.3 Å². The Balaban J connectivity index is 1.36. The molecule has 0 unspecified atom stereocenters. The van der Waals surface area contributed by atoms with Crippen molar-refractivity contribution in [1.82, 2.24) is 10.2 Å². The highest BCUT2D eigenvalue weighted by Gasteiger charge is 2.22. The molecule has 0 bridgehead atoms. The van der Waals surface area contributed by atoms with Crippen LogP contribution in [-0.2, 0) is 11.3 Å². The lowest BCUT2D eigenvalue weighted by Gasteiger charge is -2.32. The van der Waals surface area contributed by atoms with Crippen molar-refractivity contribution < 1.29 is 4.79 Å². The highest BCUT2D eigenvalue weighted by Crippen LogP contribution is 2.27. The smallest absolute Gasteiger partial charge is 0.220 e. The maximum Gasteiger partial charge on any atom is 0.220 e. The first-order chi connectivity index (χ1) is 12.2. The quantitative estimate of drug-likeness (QED) is 0.735. The Bertz CT molecular complexity index is 549. The zero-order chi connectivity index (χ0) is 17.5. The molecule has 4 heteroatoms. The van der Waals surface area contributed by atoms with E-state index in [0.717, 1.165) is 32.6 Å². The molecule has 2 fully saturated rings. The summed E-state index contributed by atoms with van der Waals surface area (Å²) in [6, 6.07) is 8.73. The van der Waals surface area contributed by atoms with E-state index >= 15 is 0 Å². The first-order valence-electron chi connectivity index (χ1n) is 9.85. The molecule has 0 atom stereocenters. The summed E-state index contributed by atoms with van der Waals surface area (Å²) in [6.45, 7) is 4.22. The van der Waals surface area contributed by atoms with E-state index in [-0.39, 0.29) is 5.91 Å². The van der Waals surface area contributed by atoms with E-state index < -0.39 is 0 Å². The Labute approximate surface area is 156 Å². The molecule has 138 valence electrons. The summed E-state index contributed by atoms with van der Waals surface area (Å²) < 4.78 is 0. The SMILES string of the molecule is CSc1ccccc1CN1CCC(CNC(=O)CC2CCCC2)CC1. The molecule has 1 amide bonds. The van der Waals surface area contributed by atoms with E-state index in [1.165, 1.54) is 49.0 Å². The number of nitrogens with one attached hydrogen (secondary N) is 1. The van der Waals surface area contributed by atoms with Crippen LogP contribution < -0.4 is 5.32 Å². The van der Waals surface area contributed by atoms with Crippen molar-refractivity contribution in [3.63, 3.8) is 0 Å². The molecule has 1 aliphatic carbocycles. The maximum atomic E-state index is 12.1. The molecule has 1 heterocycles. The van der Waals surface area contributed by atoms with Crippen LogP contribution in [-0.4, -0.2) is 36.7 Å². The second-order valence-electron chi connectivity index (χ2n) is 7.69. The molecule has 1 aromatic rings. The van der Waals surface area contributed by atoms with Crippen LogP contribution >= 0.6 is 11.8 Å². The van der Waals surface area contributed by atoms with E-state index in [2.05, 4.69) is 40.7 Å². The number of piperidine rings is 1. The van der Waals surface area contributed by atoms with Crippen molar-refractivity contribution in [2.24, 2.45) is 11.8 Å². The predicted molar refractivity (Wildman–Crippen MR) is 106 cm³/mol. The van der Waals surface area contributed by atoms with Gasteiger partial charge in [0.1, 0.15) is 0 Å². The summed E-state index contributed by atoms with van der Waals surface area (Å²) in [5.74, 6) is 1.58. The fourth-order valence-corrected chi connectivity index (χ4v) is 4.84. The van der Waals surface area contributed by atoms with Gasteiger partial charge < -0.3 is 5.32 Å². The predicted octanol–water partition coefficient (Wildman–Crippen LogP) is 4.32. The first-order valence-corrected chi connectivity index (χ1v) is 11.1. The molecule has 1 aliphatic heterocycles. The zero-order valence-corrected chi connectivity index (χ0v) is 16.3. The van der Waals surface area contributed by atoms with Crippen LogP contribution in [0, 0.1) is 11.8 Å². The minimum Gasteiger partial charge on any atom is -0.356 e. The van der Waals surface area contributed by atoms with Gasteiger partial charge in [-0.15, -0.1) is 11.8 Å². The number of benzene rings is 1. The summed E-state index contributed by atoms with van der Waals surface area (Å²) in [5.41, 5.74) is 1.44. The average Bonchev–Trinajstić information content (AvgIpc) is 3.14. The third-order valence-electron chi connectivity index (χ3n) is 5.83. The van der Waals surface area contributed by atoms with Crippen molar-refractivity contribution >= 4 is 17.7 Å². The van der Waals surface area contributed by atoms with Gasteiger partial charge in [0.2, 0.25) is 5.91 Å². The Morgan fingerprint density at radius 2 is 1.84 bits per heavy atom. The van der Waals surface area contributed by atoms with Gasteiger partial charge in [0.15, 0.2) is 0 Å². The Morgan fingerprint density at radius 1 is 1.12 bits per heavy atom. The van der Waals surface area contributed by atoms with Crippen LogP contribution in [0.2, 0.25) is 0 Å². The fraction of sp³-hybridized carbons (Fsp3) is 0.667. The molecule has 2 aliphatic rings. The third-order valence-corrected chi connectivity index (χ3v) is 6.67. The van der Waals surface area contributed by atoms with E-state index in [1.807, 2.05) is 11.8 Å². The number of thioether (sulfide) groups is 1. The largest absolute Gasteiger partial charge is 0.356 e. The van der Waals surface area contributed by atoms with Crippen molar-refractivity contribution in [3.8, 4) is 0 Å². The van der Waals surface area contributed by atoms with Gasteiger partial charge in [0, 0.05) is 24.4 Å². The molecular weight excluding hydrogens is 328 g/mol. The highest BCUT2D eigenvalue weighted by atomic mass is 32.2. The molecular formula is C21H32N2OS. The number of carbonyl (C=O) groups is 1. The zero-order valence-electron chi connectivity index (χ0n) is 15.5. The number of hydrogen-bond donors (Lipinski definition) is 1. The number of amides is 1. The molecule has 1 saturated heterocycles. The summed E-state index contributed by atoms with van der Waals surface area (Å²) in [5, 5.41) is 3.20. The minimum absolute atomic E-state index is 0.281. The second kappa shape index (κ2) is 9.63. The van der Waals surface area contributed by atoms with E-state index in [1.54, 1.807) is 0 Å². The lowest BCUT2D eigenvalue weighted by Crippen LogP contribution is -2.38. The number of carbonyl (C=O) groups excluding carboxylic acids is 1. The Hall–Kier alpha value is -1.00. The standard InChI is InChI=1S/C21H32N2OS/c1-25-20-9-5-4-8-19(20)16-23-12-10-18(11-13-23)15-22-21(24)14-17-6-2-3-7-17/h4-5,8-9,17-18H,2-3,6-7,10-16H2,1H3,(H,22,24). The number of nitrogens with zero attached hydrogens (tertiary/aromatic N) is 1. The fourth-order valence-electron chi connectivity index (χ4n) is 4.23. The van der Waals surface area contributed by atoms with Crippen molar-refractivity contribution in [2.75, 3.05) is 25.9 Å². The summed E-state index contributed by atoms with van der Waals surface area (Å²) >= 11 is 1.83. The molecule has 0 radical (unpaired) electrons. The second-order valence-corrected chi connectivity index (χ2v) is 8.54. The van der Waals surface area contributed by atoms with E-state index in [4.69, 9.17) is 0 Å². The highest BCUT2D eigenvalue weighted by molar-refractivity contribution is 7.98. The molecule has 0 spiro atoms. The Morgan fingerprint density at radius 3 is 2.56 bits per heavy atom.